The first-order valence-corrected chi connectivity index (χ1v) is 13.7. The summed E-state index contributed by atoms with van der Waals surface area (Å²) in [6.45, 7) is 15.3. The van der Waals surface area contributed by atoms with Crippen LogP contribution in [0.5, 0.6) is 5.75 Å². The van der Waals surface area contributed by atoms with Crippen molar-refractivity contribution in [1.29, 1.82) is 0 Å². The van der Waals surface area contributed by atoms with Crippen molar-refractivity contribution in [3.05, 3.63) is 88.0 Å². The summed E-state index contributed by atoms with van der Waals surface area (Å²) in [5.41, 5.74) is 7.99. The molecular weight excluding hydrogens is 488 g/mol. The highest BCUT2D eigenvalue weighted by Gasteiger charge is 2.31. The van der Waals surface area contributed by atoms with Gasteiger partial charge in [-0.05, 0) is 74.6 Å². The molecule has 1 aliphatic heterocycles. The molecule has 1 aliphatic rings. The SMILES string of the molecule is CCn1nnc2c(C)c([C@@H](c3ccc(C)c(CN4Cc5ccccc5OC(C)(C)C4)c3)[C@H](C)C(=O)O)ccc21. The van der Waals surface area contributed by atoms with E-state index < -0.39 is 11.9 Å². The molecule has 0 amide bonds. The van der Waals surface area contributed by atoms with E-state index in [0.29, 0.717) is 0 Å². The minimum absolute atomic E-state index is 0.317. The summed E-state index contributed by atoms with van der Waals surface area (Å²) in [7, 11) is 0. The molecule has 204 valence electrons. The van der Waals surface area contributed by atoms with Gasteiger partial charge < -0.3 is 9.84 Å². The summed E-state index contributed by atoms with van der Waals surface area (Å²) >= 11 is 0. The van der Waals surface area contributed by atoms with E-state index in [1.54, 1.807) is 6.92 Å². The van der Waals surface area contributed by atoms with Crippen LogP contribution in [0.3, 0.4) is 0 Å². The number of hydrogen-bond acceptors (Lipinski definition) is 5. The first-order valence-electron chi connectivity index (χ1n) is 13.7. The predicted molar refractivity (Wildman–Crippen MR) is 153 cm³/mol. The van der Waals surface area contributed by atoms with Crippen molar-refractivity contribution >= 4 is 17.0 Å². The van der Waals surface area contributed by atoms with Gasteiger partial charge in [-0.15, -0.1) is 5.10 Å². The Balaban J connectivity index is 1.54. The summed E-state index contributed by atoms with van der Waals surface area (Å²) in [4.78, 5) is 14.8. The highest BCUT2D eigenvalue weighted by atomic mass is 16.5. The molecule has 1 aromatic heterocycles. The molecule has 4 aromatic rings. The van der Waals surface area contributed by atoms with Crippen molar-refractivity contribution in [2.75, 3.05) is 6.54 Å². The maximum absolute atomic E-state index is 12.4. The second kappa shape index (κ2) is 10.5. The molecule has 0 unspecified atom stereocenters. The Labute approximate surface area is 230 Å². The van der Waals surface area contributed by atoms with Crippen LogP contribution < -0.4 is 4.74 Å². The van der Waals surface area contributed by atoms with Crippen molar-refractivity contribution in [3.8, 4) is 5.75 Å². The average molecular weight is 527 g/mol. The molecule has 0 saturated heterocycles. The third-order valence-corrected chi connectivity index (χ3v) is 7.99. The minimum Gasteiger partial charge on any atom is -0.486 e. The fraction of sp³-hybridized carbons (Fsp3) is 0.406. The number of benzene rings is 3. The van der Waals surface area contributed by atoms with Crippen LogP contribution in [-0.4, -0.2) is 43.1 Å². The Morgan fingerprint density at radius 1 is 1.13 bits per heavy atom. The lowest BCUT2D eigenvalue weighted by molar-refractivity contribution is -0.141. The summed E-state index contributed by atoms with van der Waals surface area (Å²) in [5.74, 6) is -0.809. The standard InChI is InChI=1S/C32H38N4O3/c1-7-36-27-15-14-26(21(3)30(27)33-34-36)29(22(4)31(37)38)23-13-12-20(2)25(16-23)18-35-17-24-10-8-9-11-28(24)39-32(5,6)19-35/h8-16,22,29H,7,17-19H2,1-6H3,(H,37,38)/t22-,29+/m0/s1. The number of fused-ring (bicyclic) bond motifs is 2. The molecule has 0 bridgehead atoms. The number of aliphatic carboxylic acids is 1. The van der Waals surface area contributed by atoms with Crippen molar-refractivity contribution < 1.29 is 14.6 Å². The molecule has 0 radical (unpaired) electrons. The van der Waals surface area contributed by atoms with Gasteiger partial charge in [-0.2, -0.15) is 0 Å². The van der Waals surface area contributed by atoms with E-state index in [2.05, 4.69) is 72.4 Å². The lowest BCUT2D eigenvalue weighted by Crippen LogP contribution is -2.40. The Morgan fingerprint density at radius 3 is 2.64 bits per heavy atom. The first-order chi connectivity index (χ1) is 18.6. The Bertz CT molecular complexity index is 1520. The van der Waals surface area contributed by atoms with E-state index in [9.17, 15) is 9.90 Å². The molecule has 3 aromatic carbocycles. The van der Waals surface area contributed by atoms with Crippen LogP contribution in [0.1, 0.15) is 67.0 Å². The quantitative estimate of drug-likeness (QED) is 0.314. The minimum atomic E-state index is -0.818. The molecule has 5 rings (SSSR count). The van der Waals surface area contributed by atoms with Crippen molar-refractivity contribution in [1.82, 2.24) is 19.9 Å². The van der Waals surface area contributed by atoms with Crippen LogP contribution in [0.25, 0.3) is 11.0 Å². The van der Waals surface area contributed by atoms with Gasteiger partial charge in [0.05, 0.1) is 11.4 Å². The van der Waals surface area contributed by atoms with Crippen molar-refractivity contribution in [2.24, 2.45) is 5.92 Å². The molecule has 7 nitrogen and oxygen atoms in total. The normalized spacial score (nSPS) is 16.8. The van der Waals surface area contributed by atoms with Crippen LogP contribution in [0.4, 0.5) is 0 Å². The van der Waals surface area contributed by atoms with Gasteiger partial charge in [-0.1, -0.05) is 54.6 Å². The second-order valence-corrected chi connectivity index (χ2v) is 11.5. The van der Waals surface area contributed by atoms with Crippen LogP contribution in [0, 0.1) is 19.8 Å². The van der Waals surface area contributed by atoms with Crippen molar-refractivity contribution in [3.63, 3.8) is 0 Å². The first kappa shape index (κ1) is 26.9. The zero-order chi connectivity index (χ0) is 27.9. The molecule has 0 spiro atoms. The number of carboxylic acids is 1. The largest absolute Gasteiger partial charge is 0.486 e. The van der Waals surface area contributed by atoms with Crippen molar-refractivity contribution in [2.45, 2.75) is 72.7 Å². The van der Waals surface area contributed by atoms with Gasteiger partial charge in [-0.25, -0.2) is 4.68 Å². The van der Waals surface area contributed by atoms with E-state index in [1.165, 1.54) is 16.7 Å². The van der Waals surface area contributed by atoms with E-state index >= 15 is 0 Å². The van der Waals surface area contributed by atoms with Crippen LogP contribution in [0.2, 0.25) is 0 Å². The molecule has 0 aliphatic carbocycles. The summed E-state index contributed by atoms with van der Waals surface area (Å²) in [6, 6.07) is 18.7. The van der Waals surface area contributed by atoms with Gasteiger partial charge in [0.25, 0.3) is 0 Å². The molecule has 7 heteroatoms. The zero-order valence-corrected chi connectivity index (χ0v) is 23.7. The zero-order valence-electron chi connectivity index (χ0n) is 23.7. The molecule has 1 N–H and O–H groups in total. The topological polar surface area (TPSA) is 80.5 Å². The molecule has 0 saturated carbocycles. The van der Waals surface area contributed by atoms with Crippen LogP contribution >= 0.6 is 0 Å². The fourth-order valence-electron chi connectivity index (χ4n) is 5.94. The number of aryl methyl sites for hydroxylation is 3. The number of carbonyl (C=O) groups is 1. The van der Waals surface area contributed by atoms with E-state index in [0.717, 1.165) is 59.7 Å². The number of nitrogens with zero attached hydrogens (tertiary/aromatic N) is 4. The number of aromatic nitrogens is 3. The molecule has 39 heavy (non-hydrogen) atoms. The van der Waals surface area contributed by atoms with E-state index in [-0.39, 0.29) is 11.5 Å². The average Bonchev–Trinajstić information content (AvgIpc) is 3.26. The maximum Gasteiger partial charge on any atom is 0.307 e. The van der Waals surface area contributed by atoms with E-state index in [1.807, 2.05) is 36.7 Å². The number of ether oxygens (including phenoxy) is 1. The lowest BCUT2D eigenvalue weighted by atomic mass is 9.79. The van der Waals surface area contributed by atoms with Gasteiger partial charge in [0, 0.05) is 37.7 Å². The van der Waals surface area contributed by atoms with Gasteiger partial charge in [-0.3, -0.25) is 9.69 Å². The Morgan fingerprint density at radius 2 is 1.90 bits per heavy atom. The predicted octanol–water partition coefficient (Wildman–Crippen LogP) is 6.09. The van der Waals surface area contributed by atoms with Gasteiger partial charge in [0.1, 0.15) is 16.9 Å². The highest BCUT2D eigenvalue weighted by Crippen LogP contribution is 2.38. The smallest absolute Gasteiger partial charge is 0.307 e. The van der Waals surface area contributed by atoms with Gasteiger partial charge >= 0.3 is 5.97 Å². The lowest BCUT2D eigenvalue weighted by Gasteiger charge is -2.30. The monoisotopic (exact) mass is 526 g/mol. The summed E-state index contributed by atoms with van der Waals surface area (Å²) < 4.78 is 8.23. The Kier molecular flexibility index (Phi) is 7.21. The number of carboxylic acid groups (broad SMARTS) is 1. The third-order valence-electron chi connectivity index (χ3n) is 7.99. The number of para-hydroxylation sites is 1. The Hall–Kier alpha value is -3.71. The highest BCUT2D eigenvalue weighted by molar-refractivity contribution is 5.81. The second-order valence-electron chi connectivity index (χ2n) is 11.5. The molecule has 2 heterocycles. The molecule has 2 atom stereocenters. The summed E-state index contributed by atoms with van der Waals surface area (Å²) in [5, 5.41) is 18.8. The number of hydrogen-bond donors (Lipinski definition) is 1. The fourth-order valence-corrected chi connectivity index (χ4v) is 5.94. The molecule has 0 fully saturated rings. The van der Waals surface area contributed by atoms with Gasteiger partial charge in [0.15, 0.2) is 0 Å². The third kappa shape index (κ3) is 5.28. The van der Waals surface area contributed by atoms with E-state index in [4.69, 9.17) is 4.74 Å². The van der Waals surface area contributed by atoms with Crippen LogP contribution in [0.15, 0.2) is 54.6 Å². The number of rotatable bonds is 7. The van der Waals surface area contributed by atoms with Crippen LogP contribution in [-0.2, 0) is 24.4 Å². The maximum atomic E-state index is 12.4. The molecular formula is C32H38N4O3. The van der Waals surface area contributed by atoms with Gasteiger partial charge in [0.2, 0.25) is 0 Å². The summed E-state index contributed by atoms with van der Waals surface area (Å²) in [6.07, 6.45) is 0.